The van der Waals surface area contributed by atoms with Gasteiger partial charge in [0.25, 0.3) is 0 Å². The van der Waals surface area contributed by atoms with E-state index in [9.17, 15) is 9.59 Å². The van der Waals surface area contributed by atoms with E-state index in [1.165, 1.54) is 0 Å². The average Bonchev–Trinajstić information content (AvgIpc) is 2.58. The number of pyridine rings is 1. The number of hydrogen-bond donors (Lipinski definition) is 3. The molecule has 25 heavy (non-hydrogen) atoms. The highest BCUT2D eigenvalue weighted by Gasteiger charge is 2.24. The van der Waals surface area contributed by atoms with Crippen LogP contribution in [0.5, 0.6) is 0 Å². The van der Waals surface area contributed by atoms with E-state index in [1.807, 2.05) is 26.0 Å². The molecule has 136 valence electrons. The molecule has 1 rings (SSSR count). The lowest BCUT2D eigenvalue weighted by molar-refractivity contribution is -0.123. The number of nitrogens with zero attached hydrogens (tertiary/aromatic N) is 1. The van der Waals surface area contributed by atoms with Gasteiger partial charge in [-0.25, -0.2) is 4.79 Å². The Labute approximate surface area is 149 Å². The highest BCUT2D eigenvalue weighted by molar-refractivity contribution is 5.79. The van der Waals surface area contributed by atoms with E-state index in [4.69, 9.17) is 5.11 Å². The third-order valence-electron chi connectivity index (χ3n) is 4.09. The summed E-state index contributed by atoms with van der Waals surface area (Å²) in [5.74, 6) is -0.324. The Hall–Kier alpha value is -2.63. The van der Waals surface area contributed by atoms with E-state index in [-0.39, 0.29) is 17.2 Å². The number of rotatable bonds is 9. The summed E-state index contributed by atoms with van der Waals surface area (Å²) in [6.45, 7) is 13.5. The first-order chi connectivity index (χ1) is 11.7. The smallest absolute Gasteiger partial charge is 0.405 e. The lowest BCUT2D eigenvalue weighted by atomic mass is 9.84. The molecule has 0 aromatic carbocycles. The van der Waals surface area contributed by atoms with Gasteiger partial charge in [-0.15, -0.1) is 13.2 Å². The fourth-order valence-corrected chi connectivity index (χ4v) is 2.31. The van der Waals surface area contributed by atoms with Crippen molar-refractivity contribution in [3.63, 3.8) is 0 Å². The van der Waals surface area contributed by atoms with Gasteiger partial charge in [-0.1, -0.05) is 32.9 Å². The number of nitrogens with one attached hydrogen (secondary N) is 2. The standard InChI is InChI=1S/C19H27N3O3/c1-6-8-15(22-18(24)25)16-11-14(9-10-20-16)19(4,5)12-21-17(23)13(3)7-2/h6-7,9-11,13,15,22H,1-2,8,12H2,3-5H3,(H,21,23)(H,24,25)/t13-,15+/m1/s1. The first-order valence-corrected chi connectivity index (χ1v) is 8.18. The van der Waals surface area contributed by atoms with Crippen LogP contribution in [-0.2, 0) is 10.2 Å². The highest BCUT2D eigenvalue weighted by atomic mass is 16.4. The van der Waals surface area contributed by atoms with Crippen LogP contribution >= 0.6 is 0 Å². The zero-order chi connectivity index (χ0) is 19.0. The first kappa shape index (κ1) is 20.4. The maximum absolute atomic E-state index is 12.0. The number of carbonyl (C=O) groups excluding carboxylic acids is 1. The monoisotopic (exact) mass is 345 g/mol. The molecule has 0 aliphatic heterocycles. The average molecular weight is 345 g/mol. The van der Waals surface area contributed by atoms with E-state index >= 15 is 0 Å². The van der Waals surface area contributed by atoms with Crippen LogP contribution in [0.25, 0.3) is 0 Å². The van der Waals surface area contributed by atoms with Crippen molar-refractivity contribution < 1.29 is 14.7 Å². The number of hydrogen-bond acceptors (Lipinski definition) is 3. The maximum Gasteiger partial charge on any atom is 0.405 e. The third-order valence-corrected chi connectivity index (χ3v) is 4.09. The second-order valence-corrected chi connectivity index (χ2v) is 6.62. The number of carbonyl (C=O) groups is 2. The fourth-order valence-electron chi connectivity index (χ4n) is 2.31. The summed E-state index contributed by atoms with van der Waals surface area (Å²) in [6.07, 6.45) is 4.24. The van der Waals surface area contributed by atoms with Crippen molar-refractivity contribution in [3.05, 3.63) is 54.9 Å². The van der Waals surface area contributed by atoms with E-state index in [0.717, 1.165) is 5.56 Å². The van der Waals surface area contributed by atoms with E-state index in [0.29, 0.717) is 18.7 Å². The van der Waals surface area contributed by atoms with Crippen molar-refractivity contribution in [2.24, 2.45) is 5.92 Å². The minimum absolute atomic E-state index is 0.0746. The zero-order valence-corrected chi connectivity index (χ0v) is 15.1. The van der Waals surface area contributed by atoms with Crippen LogP contribution in [0.3, 0.4) is 0 Å². The zero-order valence-electron chi connectivity index (χ0n) is 15.1. The minimum Gasteiger partial charge on any atom is -0.465 e. The molecular formula is C19H27N3O3. The Bertz CT molecular complexity index is 641. The third kappa shape index (κ3) is 6.06. The molecule has 0 saturated carbocycles. The van der Waals surface area contributed by atoms with Crippen LogP contribution < -0.4 is 10.6 Å². The topological polar surface area (TPSA) is 91.3 Å². The number of amides is 2. The van der Waals surface area contributed by atoms with E-state index in [2.05, 4.69) is 28.8 Å². The normalized spacial score (nSPS) is 13.4. The molecule has 6 heteroatoms. The molecule has 1 aromatic heterocycles. The molecule has 3 N–H and O–H groups in total. The predicted molar refractivity (Wildman–Crippen MR) is 98.3 cm³/mol. The Balaban J connectivity index is 2.96. The second-order valence-electron chi connectivity index (χ2n) is 6.62. The Morgan fingerprint density at radius 2 is 2.08 bits per heavy atom. The van der Waals surface area contributed by atoms with Gasteiger partial charge in [0.05, 0.1) is 17.7 Å². The first-order valence-electron chi connectivity index (χ1n) is 8.18. The van der Waals surface area contributed by atoms with Gasteiger partial charge in [0, 0.05) is 18.2 Å². The van der Waals surface area contributed by atoms with Crippen molar-refractivity contribution in [3.8, 4) is 0 Å². The van der Waals surface area contributed by atoms with Gasteiger partial charge in [-0.3, -0.25) is 9.78 Å². The Morgan fingerprint density at radius 3 is 2.64 bits per heavy atom. The van der Waals surface area contributed by atoms with Crippen LogP contribution in [-0.4, -0.2) is 28.6 Å². The summed E-state index contributed by atoms with van der Waals surface area (Å²) in [5.41, 5.74) is 1.25. The van der Waals surface area contributed by atoms with Gasteiger partial charge in [0.1, 0.15) is 0 Å². The summed E-state index contributed by atoms with van der Waals surface area (Å²) in [5, 5.41) is 14.4. The summed E-state index contributed by atoms with van der Waals surface area (Å²) >= 11 is 0. The van der Waals surface area contributed by atoms with Crippen molar-refractivity contribution in [2.45, 2.75) is 38.6 Å². The number of carboxylic acid groups (broad SMARTS) is 1. The molecule has 0 aliphatic rings. The van der Waals surface area contributed by atoms with Crippen molar-refractivity contribution >= 4 is 12.0 Å². The number of aromatic nitrogens is 1. The minimum atomic E-state index is -1.11. The molecule has 6 nitrogen and oxygen atoms in total. The van der Waals surface area contributed by atoms with Crippen LogP contribution in [0.15, 0.2) is 43.6 Å². The SMILES string of the molecule is C=CC[C@H](NC(=O)O)c1cc(C(C)(C)CNC(=O)[C@H](C)C=C)ccn1. The maximum atomic E-state index is 12.0. The summed E-state index contributed by atoms with van der Waals surface area (Å²) in [4.78, 5) is 27.2. The van der Waals surface area contributed by atoms with Gasteiger partial charge in [0.2, 0.25) is 5.91 Å². The van der Waals surface area contributed by atoms with Crippen molar-refractivity contribution in [2.75, 3.05) is 6.54 Å². The van der Waals surface area contributed by atoms with Crippen LogP contribution in [0.1, 0.15) is 44.5 Å². The largest absolute Gasteiger partial charge is 0.465 e. The molecule has 2 atom stereocenters. The Kier molecular flexibility index (Phi) is 7.36. The van der Waals surface area contributed by atoms with E-state index in [1.54, 1.807) is 25.3 Å². The molecule has 0 bridgehead atoms. The van der Waals surface area contributed by atoms with Gasteiger partial charge in [0.15, 0.2) is 0 Å². The Morgan fingerprint density at radius 1 is 1.40 bits per heavy atom. The van der Waals surface area contributed by atoms with E-state index < -0.39 is 12.1 Å². The van der Waals surface area contributed by atoms with Gasteiger partial charge in [-0.05, 0) is 24.1 Å². The van der Waals surface area contributed by atoms with Gasteiger partial charge >= 0.3 is 6.09 Å². The second kappa shape index (κ2) is 9.01. The van der Waals surface area contributed by atoms with Gasteiger partial charge in [-0.2, -0.15) is 0 Å². The molecule has 0 saturated heterocycles. The molecule has 2 amide bonds. The van der Waals surface area contributed by atoms with Crippen LogP contribution in [0.2, 0.25) is 0 Å². The molecule has 0 unspecified atom stereocenters. The van der Waals surface area contributed by atoms with Crippen molar-refractivity contribution in [1.82, 2.24) is 15.6 Å². The quantitative estimate of drug-likeness (QED) is 0.600. The van der Waals surface area contributed by atoms with Gasteiger partial charge < -0.3 is 15.7 Å². The molecule has 0 spiro atoms. The molecule has 1 aromatic rings. The van der Waals surface area contributed by atoms with Crippen LogP contribution in [0.4, 0.5) is 4.79 Å². The fraction of sp³-hybridized carbons (Fsp3) is 0.421. The van der Waals surface area contributed by atoms with Crippen LogP contribution in [0, 0.1) is 5.92 Å². The highest BCUT2D eigenvalue weighted by Crippen LogP contribution is 2.25. The molecular weight excluding hydrogens is 318 g/mol. The lowest BCUT2D eigenvalue weighted by Gasteiger charge is -2.27. The summed E-state index contributed by atoms with van der Waals surface area (Å²) in [7, 11) is 0. The molecule has 0 aliphatic carbocycles. The van der Waals surface area contributed by atoms with Crippen molar-refractivity contribution in [1.29, 1.82) is 0 Å². The predicted octanol–water partition coefficient (Wildman–Crippen LogP) is 3.18. The molecule has 1 heterocycles. The lowest BCUT2D eigenvalue weighted by Crippen LogP contribution is -2.39. The molecule has 0 radical (unpaired) electrons. The molecule has 0 fully saturated rings. The summed E-state index contributed by atoms with van der Waals surface area (Å²) < 4.78 is 0. The summed E-state index contributed by atoms with van der Waals surface area (Å²) in [6, 6.07) is 3.28.